The Balaban J connectivity index is 1.63. The molecule has 2 aromatic rings. The van der Waals surface area contributed by atoms with Crippen LogP contribution in [0.3, 0.4) is 0 Å². The molecule has 1 aliphatic rings. The molecule has 1 aliphatic carbocycles. The number of ether oxygens (including phenoxy) is 2. The molecule has 0 bridgehead atoms. The molecule has 2 N–H and O–H groups in total. The second-order valence-electron chi connectivity index (χ2n) is 6.77. The number of carbonyl (C=O) groups is 2. The number of nitrogens with one attached hydrogen (secondary N) is 2. The molecule has 0 unspecified atom stereocenters. The van der Waals surface area contributed by atoms with E-state index in [-0.39, 0.29) is 11.8 Å². The second-order valence-corrected chi connectivity index (χ2v) is 6.77. The summed E-state index contributed by atoms with van der Waals surface area (Å²) in [7, 11) is 3.08. The van der Waals surface area contributed by atoms with Gasteiger partial charge in [-0.05, 0) is 37.5 Å². The van der Waals surface area contributed by atoms with Crippen LogP contribution >= 0.6 is 0 Å². The van der Waals surface area contributed by atoms with E-state index in [1.54, 1.807) is 25.3 Å². The number of benzene rings is 2. The normalized spacial score (nSPS) is 14.2. The first-order valence-corrected chi connectivity index (χ1v) is 8.86. The molecule has 3 rings (SSSR count). The van der Waals surface area contributed by atoms with Crippen LogP contribution in [0, 0.1) is 12.3 Å². The zero-order valence-electron chi connectivity index (χ0n) is 15.8. The third-order valence-corrected chi connectivity index (χ3v) is 4.83. The maximum Gasteiger partial charge on any atom is 0.240 e. The summed E-state index contributed by atoms with van der Waals surface area (Å²) in [5.41, 5.74) is 1.75. The lowest BCUT2D eigenvalue weighted by Crippen LogP contribution is -2.39. The van der Waals surface area contributed by atoms with Crippen LogP contribution in [0.2, 0.25) is 0 Å². The molecular weight excluding hydrogens is 344 g/mol. The molecule has 2 aromatic carbocycles. The lowest BCUT2D eigenvalue weighted by molar-refractivity contribution is -0.134. The summed E-state index contributed by atoms with van der Waals surface area (Å²) in [6.07, 6.45) is 1.09. The maximum absolute atomic E-state index is 12.7. The summed E-state index contributed by atoms with van der Waals surface area (Å²) in [4.78, 5) is 25.3. The van der Waals surface area contributed by atoms with Gasteiger partial charge in [0.25, 0.3) is 0 Å². The van der Waals surface area contributed by atoms with Gasteiger partial charge in [0, 0.05) is 18.3 Å². The van der Waals surface area contributed by atoms with Crippen LogP contribution in [0.4, 0.5) is 5.69 Å². The third-order valence-electron chi connectivity index (χ3n) is 4.83. The molecular formula is C21H24N2O4. The maximum atomic E-state index is 12.7. The Labute approximate surface area is 158 Å². The first-order chi connectivity index (χ1) is 13.0. The number of hydrogen-bond donors (Lipinski definition) is 2. The van der Waals surface area contributed by atoms with Crippen LogP contribution in [0.15, 0.2) is 42.5 Å². The molecule has 6 nitrogen and oxygen atoms in total. The van der Waals surface area contributed by atoms with Gasteiger partial charge in [0.15, 0.2) is 11.5 Å². The zero-order valence-corrected chi connectivity index (χ0v) is 15.8. The Morgan fingerprint density at radius 1 is 0.963 bits per heavy atom. The molecule has 0 saturated heterocycles. The number of anilines is 1. The summed E-state index contributed by atoms with van der Waals surface area (Å²) in [6.45, 7) is 2.42. The number of amides is 2. The fraction of sp³-hybridized carbons (Fsp3) is 0.333. The van der Waals surface area contributed by atoms with Crippen molar-refractivity contribution in [3.8, 4) is 11.5 Å². The molecule has 27 heavy (non-hydrogen) atoms. The predicted octanol–water partition coefficient (Wildman–Crippen LogP) is 3.05. The topological polar surface area (TPSA) is 76.7 Å². The largest absolute Gasteiger partial charge is 0.493 e. The quantitative estimate of drug-likeness (QED) is 0.737. The van der Waals surface area contributed by atoms with Crippen molar-refractivity contribution < 1.29 is 19.1 Å². The molecule has 142 valence electrons. The minimum Gasteiger partial charge on any atom is -0.493 e. The first kappa shape index (κ1) is 18.8. The van der Waals surface area contributed by atoms with Gasteiger partial charge >= 0.3 is 0 Å². The van der Waals surface area contributed by atoms with E-state index in [2.05, 4.69) is 10.6 Å². The number of aryl methyl sites for hydroxylation is 1. The summed E-state index contributed by atoms with van der Waals surface area (Å²) in [5, 5.41) is 5.71. The van der Waals surface area contributed by atoms with Gasteiger partial charge < -0.3 is 20.1 Å². The van der Waals surface area contributed by atoms with E-state index < -0.39 is 5.41 Å². The van der Waals surface area contributed by atoms with Crippen molar-refractivity contribution in [3.63, 3.8) is 0 Å². The van der Waals surface area contributed by atoms with Gasteiger partial charge in [0.2, 0.25) is 11.8 Å². The first-order valence-electron chi connectivity index (χ1n) is 8.86. The SMILES string of the molecule is COc1ccc(NC(=O)C2(C(=O)NCc3ccc(C)cc3)CC2)cc1OC. The van der Waals surface area contributed by atoms with Crippen molar-refractivity contribution in [1.29, 1.82) is 0 Å². The minimum atomic E-state index is -0.988. The highest BCUT2D eigenvalue weighted by Crippen LogP contribution is 2.47. The second kappa shape index (κ2) is 7.70. The lowest BCUT2D eigenvalue weighted by Gasteiger charge is -2.16. The van der Waals surface area contributed by atoms with E-state index in [1.165, 1.54) is 7.11 Å². The van der Waals surface area contributed by atoms with Gasteiger partial charge in [-0.15, -0.1) is 0 Å². The van der Waals surface area contributed by atoms with E-state index in [1.807, 2.05) is 31.2 Å². The average Bonchev–Trinajstić information content (AvgIpc) is 3.49. The molecule has 1 fully saturated rings. The van der Waals surface area contributed by atoms with Crippen molar-refractivity contribution in [1.82, 2.24) is 5.32 Å². The van der Waals surface area contributed by atoms with E-state index >= 15 is 0 Å². The molecule has 0 aliphatic heterocycles. The molecule has 0 aromatic heterocycles. The highest BCUT2D eigenvalue weighted by Gasteiger charge is 2.56. The number of methoxy groups -OCH3 is 2. The summed E-state index contributed by atoms with van der Waals surface area (Å²) < 4.78 is 10.4. The van der Waals surface area contributed by atoms with Crippen LogP contribution in [0.25, 0.3) is 0 Å². The van der Waals surface area contributed by atoms with Gasteiger partial charge in [-0.25, -0.2) is 0 Å². The third kappa shape index (κ3) is 4.05. The average molecular weight is 368 g/mol. The van der Waals surface area contributed by atoms with Gasteiger partial charge in [-0.3, -0.25) is 9.59 Å². The summed E-state index contributed by atoms with van der Waals surface area (Å²) >= 11 is 0. The Hall–Kier alpha value is -3.02. The molecule has 1 saturated carbocycles. The molecule has 2 amide bonds. The predicted molar refractivity (Wildman–Crippen MR) is 103 cm³/mol. The van der Waals surface area contributed by atoms with E-state index in [0.717, 1.165) is 11.1 Å². The van der Waals surface area contributed by atoms with E-state index in [4.69, 9.17) is 9.47 Å². The Morgan fingerprint density at radius 2 is 1.63 bits per heavy atom. The molecule has 0 radical (unpaired) electrons. The number of rotatable bonds is 7. The Kier molecular flexibility index (Phi) is 5.35. The summed E-state index contributed by atoms with van der Waals surface area (Å²) in [5.74, 6) is 0.564. The van der Waals surface area contributed by atoms with Crippen molar-refractivity contribution in [3.05, 3.63) is 53.6 Å². The van der Waals surface area contributed by atoms with Crippen molar-refractivity contribution in [2.24, 2.45) is 5.41 Å². The molecule has 0 heterocycles. The Morgan fingerprint density at radius 3 is 2.22 bits per heavy atom. The monoisotopic (exact) mass is 368 g/mol. The number of carbonyl (C=O) groups excluding carboxylic acids is 2. The van der Waals surface area contributed by atoms with Crippen molar-refractivity contribution >= 4 is 17.5 Å². The van der Waals surface area contributed by atoms with Crippen LogP contribution in [0.1, 0.15) is 24.0 Å². The van der Waals surface area contributed by atoms with Crippen LogP contribution in [0.5, 0.6) is 11.5 Å². The van der Waals surface area contributed by atoms with E-state index in [9.17, 15) is 9.59 Å². The zero-order chi connectivity index (χ0) is 19.4. The van der Waals surface area contributed by atoms with Crippen LogP contribution in [-0.4, -0.2) is 26.0 Å². The fourth-order valence-corrected chi connectivity index (χ4v) is 2.90. The fourth-order valence-electron chi connectivity index (χ4n) is 2.90. The van der Waals surface area contributed by atoms with Crippen LogP contribution in [-0.2, 0) is 16.1 Å². The summed E-state index contributed by atoms with van der Waals surface area (Å²) in [6, 6.07) is 13.1. The van der Waals surface area contributed by atoms with Gasteiger partial charge in [-0.1, -0.05) is 29.8 Å². The minimum absolute atomic E-state index is 0.235. The van der Waals surface area contributed by atoms with Crippen LogP contribution < -0.4 is 20.1 Å². The van der Waals surface area contributed by atoms with Gasteiger partial charge in [0.1, 0.15) is 5.41 Å². The van der Waals surface area contributed by atoms with E-state index in [0.29, 0.717) is 36.6 Å². The van der Waals surface area contributed by atoms with Gasteiger partial charge in [0.05, 0.1) is 14.2 Å². The lowest BCUT2D eigenvalue weighted by atomic mass is 10.0. The smallest absolute Gasteiger partial charge is 0.240 e. The van der Waals surface area contributed by atoms with Crippen molar-refractivity contribution in [2.75, 3.05) is 19.5 Å². The standard InChI is InChI=1S/C21H24N2O4/c1-14-4-6-15(7-5-14)13-22-19(24)21(10-11-21)20(25)23-16-8-9-17(26-2)18(12-16)27-3/h4-9,12H,10-11,13H2,1-3H3,(H,22,24)(H,23,25). The Bertz CT molecular complexity index is 842. The highest BCUT2D eigenvalue weighted by molar-refractivity contribution is 6.13. The molecule has 0 atom stereocenters. The molecule has 0 spiro atoms. The highest BCUT2D eigenvalue weighted by atomic mass is 16.5. The van der Waals surface area contributed by atoms with Crippen molar-refractivity contribution in [2.45, 2.75) is 26.3 Å². The number of hydrogen-bond acceptors (Lipinski definition) is 4. The molecule has 6 heteroatoms. The van der Waals surface area contributed by atoms with Gasteiger partial charge in [-0.2, -0.15) is 0 Å².